The zero-order chi connectivity index (χ0) is 25.1. The number of hydrogen-bond acceptors (Lipinski definition) is 9. The van der Waals surface area contributed by atoms with Crippen LogP contribution < -0.4 is 9.47 Å². The Morgan fingerprint density at radius 2 is 1.94 bits per heavy atom. The van der Waals surface area contributed by atoms with Gasteiger partial charge in [-0.15, -0.1) is 11.3 Å². The number of non-ortho nitro benzene ring substituents is 1. The number of hydrogen-bond donors (Lipinski definition) is 0. The van der Waals surface area contributed by atoms with Crippen molar-refractivity contribution >= 4 is 67.9 Å². The van der Waals surface area contributed by atoms with Crippen molar-refractivity contribution in [2.24, 2.45) is 0 Å². The van der Waals surface area contributed by atoms with Crippen molar-refractivity contribution in [2.45, 2.75) is 6.54 Å². The van der Waals surface area contributed by atoms with Crippen LogP contribution in [0.4, 0.5) is 10.5 Å². The monoisotopic (exact) mass is 574 g/mol. The van der Waals surface area contributed by atoms with Crippen LogP contribution in [0, 0.1) is 10.1 Å². The summed E-state index contributed by atoms with van der Waals surface area (Å²) in [6, 6.07) is 12.3. The van der Waals surface area contributed by atoms with Crippen LogP contribution in [0.3, 0.4) is 0 Å². The number of nitrogens with zero attached hydrogens (tertiary/aromatic N) is 2. The Balaban J connectivity index is 1.54. The molecule has 3 aromatic rings. The Kier molecular flexibility index (Phi) is 7.34. The van der Waals surface area contributed by atoms with Crippen LogP contribution in [-0.4, -0.2) is 34.0 Å². The van der Waals surface area contributed by atoms with E-state index >= 15 is 0 Å². The normalized spacial score (nSPS) is 14.5. The van der Waals surface area contributed by atoms with E-state index in [0.717, 1.165) is 16.7 Å². The lowest BCUT2D eigenvalue weighted by atomic mass is 10.1. The number of thiophene rings is 1. The molecule has 1 aliphatic heterocycles. The number of thioether (sulfide) groups is 1. The van der Waals surface area contributed by atoms with E-state index in [-0.39, 0.29) is 28.6 Å². The molecule has 0 bridgehead atoms. The van der Waals surface area contributed by atoms with Crippen LogP contribution in [0.5, 0.6) is 11.5 Å². The van der Waals surface area contributed by atoms with Gasteiger partial charge in [0.25, 0.3) is 16.8 Å². The highest BCUT2D eigenvalue weighted by atomic mass is 79.9. The number of carbonyl (C=O) groups is 3. The molecule has 0 radical (unpaired) electrons. The molecule has 35 heavy (non-hydrogen) atoms. The number of carbonyl (C=O) groups excluding carboxylic acids is 3. The number of esters is 1. The van der Waals surface area contributed by atoms with Gasteiger partial charge in [-0.05, 0) is 68.5 Å². The molecular formula is C23H15BrN2O7S2. The van der Waals surface area contributed by atoms with Crippen LogP contribution in [-0.2, 0) is 11.3 Å². The van der Waals surface area contributed by atoms with Crippen LogP contribution in [0.25, 0.3) is 6.08 Å². The minimum Gasteiger partial charge on any atom is -0.493 e. The summed E-state index contributed by atoms with van der Waals surface area (Å²) in [5.41, 5.74) is 1.05. The third-order valence-corrected chi connectivity index (χ3v) is 7.17. The topological polar surface area (TPSA) is 116 Å². The average molecular weight is 575 g/mol. The van der Waals surface area contributed by atoms with Crippen molar-refractivity contribution < 1.29 is 28.8 Å². The lowest BCUT2D eigenvalue weighted by Crippen LogP contribution is -2.27. The summed E-state index contributed by atoms with van der Waals surface area (Å²) in [6.07, 6.45) is 1.54. The molecule has 2 amide bonds. The minimum atomic E-state index is -0.529. The van der Waals surface area contributed by atoms with Crippen molar-refractivity contribution in [1.29, 1.82) is 0 Å². The molecule has 12 heteroatoms. The van der Waals surface area contributed by atoms with Crippen LogP contribution in [0.2, 0.25) is 0 Å². The Morgan fingerprint density at radius 1 is 1.20 bits per heavy atom. The number of amides is 2. The summed E-state index contributed by atoms with van der Waals surface area (Å²) in [5, 5.41) is 12.1. The van der Waals surface area contributed by atoms with E-state index in [0.29, 0.717) is 20.5 Å². The fourth-order valence-corrected chi connectivity index (χ4v) is 5.13. The highest BCUT2D eigenvalue weighted by Gasteiger charge is 2.35. The molecular weight excluding hydrogens is 560 g/mol. The van der Waals surface area contributed by atoms with Gasteiger partial charge in [0.15, 0.2) is 11.5 Å². The quantitative estimate of drug-likeness (QED) is 0.113. The van der Waals surface area contributed by atoms with Crippen molar-refractivity contribution in [3.8, 4) is 11.5 Å². The van der Waals surface area contributed by atoms with E-state index in [1.807, 2.05) is 0 Å². The molecule has 0 unspecified atom stereocenters. The predicted molar refractivity (Wildman–Crippen MR) is 135 cm³/mol. The third kappa shape index (κ3) is 5.45. The Morgan fingerprint density at radius 3 is 2.57 bits per heavy atom. The first-order valence-electron chi connectivity index (χ1n) is 9.88. The van der Waals surface area contributed by atoms with Gasteiger partial charge in [-0.1, -0.05) is 18.2 Å². The second-order valence-electron chi connectivity index (χ2n) is 7.09. The summed E-state index contributed by atoms with van der Waals surface area (Å²) in [5.74, 6) is -0.560. The van der Waals surface area contributed by atoms with Gasteiger partial charge in [0.05, 0.1) is 28.0 Å². The lowest BCUT2D eigenvalue weighted by molar-refractivity contribution is -0.384. The first kappa shape index (κ1) is 24.6. The smallest absolute Gasteiger partial charge is 0.353 e. The molecule has 0 atom stereocenters. The number of nitro benzene ring substituents is 1. The van der Waals surface area contributed by atoms with Crippen molar-refractivity contribution in [3.05, 3.63) is 89.4 Å². The van der Waals surface area contributed by atoms with Crippen molar-refractivity contribution in [1.82, 2.24) is 4.90 Å². The largest absolute Gasteiger partial charge is 0.493 e. The number of ether oxygens (including phenoxy) is 2. The molecule has 1 saturated heterocycles. The van der Waals surface area contributed by atoms with Crippen molar-refractivity contribution in [2.75, 3.05) is 7.11 Å². The van der Waals surface area contributed by atoms with E-state index in [1.165, 1.54) is 42.7 Å². The highest BCUT2D eigenvalue weighted by molar-refractivity contribution is 9.10. The molecule has 2 aromatic carbocycles. The molecule has 1 fully saturated rings. The van der Waals surface area contributed by atoms with E-state index in [4.69, 9.17) is 9.47 Å². The molecule has 0 spiro atoms. The predicted octanol–water partition coefficient (Wildman–Crippen LogP) is 5.88. The zero-order valence-electron chi connectivity index (χ0n) is 17.9. The maximum Gasteiger partial charge on any atom is 0.353 e. The summed E-state index contributed by atoms with van der Waals surface area (Å²) >= 11 is 5.42. The fourth-order valence-electron chi connectivity index (χ4n) is 3.15. The van der Waals surface area contributed by atoms with Gasteiger partial charge in [0, 0.05) is 12.1 Å². The van der Waals surface area contributed by atoms with Gasteiger partial charge >= 0.3 is 5.97 Å². The van der Waals surface area contributed by atoms with Crippen LogP contribution in [0.15, 0.2) is 63.3 Å². The maximum atomic E-state index is 12.9. The van der Waals surface area contributed by atoms with Gasteiger partial charge in [-0.3, -0.25) is 24.6 Å². The number of nitro groups is 1. The van der Waals surface area contributed by atoms with E-state index in [2.05, 4.69) is 15.9 Å². The molecule has 1 aromatic heterocycles. The fraction of sp³-hybridized carbons (Fsp3) is 0.0870. The zero-order valence-corrected chi connectivity index (χ0v) is 21.1. The molecule has 4 rings (SSSR count). The highest BCUT2D eigenvalue weighted by Crippen LogP contribution is 2.40. The second-order valence-corrected chi connectivity index (χ2v) is 9.89. The second kappa shape index (κ2) is 10.4. The van der Waals surface area contributed by atoms with E-state index < -0.39 is 22.0 Å². The first-order chi connectivity index (χ1) is 16.8. The number of imide groups is 1. The number of benzene rings is 2. The molecule has 178 valence electrons. The average Bonchev–Trinajstić information content (AvgIpc) is 3.46. The van der Waals surface area contributed by atoms with Gasteiger partial charge in [0.2, 0.25) is 0 Å². The number of rotatable bonds is 7. The Bertz CT molecular complexity index is 1350. The molecule has 0 N–H and O–H groups in total. The third-order valence-electron chi connectivity index (χ3n) is 4.83. The molecule has 1 aliphatic rings. The molecule has 9 nitrogen and oxygen atoms in total. The van der Waals surface area contributed by atoms with Crippen LogP contribution in [0.1, 0.15) is 20.8 Å². The molecule has 0 saturated carbocycles. The number of methoxy groups -OCH3 is 1. The van der Waals surface area contributed by atoms with Gasteiger partial charge in [0.1, 0.15) is 4.88 Å². The lowest BCUT2D eigenvalue weighted by Gasteiger charge is -2.13. The summed E-state index contributed by atoms with van der Waals surface area (Å²) in [4.78, 5) is 49.7. The Labute approximate surface area is 215 Å². The summed E-state index contributed by atoms with van der Waals surface area (Å²) in [7, 11) is 1.42. The van der Waals surface area contributed by atoms with Crippen LogP contribution >= 0.6 is 39.0 Å². The summed E-state index contributed by atoms with van der Waals surface area (Å²) < 4.78 is 11.3. The standard InChI is InChI=1S/C23H15BrN2O7S2/c1-32-17-10-14(9-16(24)20(17)33-22(28)18-3-2-8-34-18)11-19-21(27)25(23(29)35-19)12-13-4-6-15(7-5-13)26(30)31/h2-11H,12H2,1H3/b19-11-. The minimum absolute atomic E-state index is 0.00930. The number of halogens is 1. The van der Waals surface area contributed by atoms with Gasteiger partial charge in [-0.25, -0.2) is 4.79 Å². The summed E-state index contributed by atoms with van der Waals surface area (Å²) in [6.45, 7) is -0.00930. The van der Waals surface area contributed by atoms with Crippen molar-refractivity contribution in [3.63, 3.8) is 0 Å². The maximum absolute atomic E-state index is 12.9. The van der Waals surface area contributed by atoms with Gasteiger partial charge in [-0.2, -0.15) is 0 Å². The first-order valence-corrected chi connectivity index (χ1v) is 12.4. The molecule has 0 aliphatic carbocycles. The van der Waals surface area contributed by atoms with E-state index in [9.17, 15) is 24.5 Å². The Hall–Kier alpha value is -3.48. The van der Waals surface area contributed by atoms with E-state index in [1.54, 1.807) is 35.7 Å². The molecule has 2 heterocycles. The SMILES string of the molecule is COc1cc(/C=C2\SC(=O)N(Cc3ccc([N+](=O)[O-])cc3)C2=O)cc(Br)c1OC(=O)c1cccs1. The van der Waals surface area contributed by atoms with Gasteiger partial charge < -0.3 is 9.47 Å².